The Bertz CT molecular complexity index is 888. The van der Waals surface area contributed by atoms with Crippen molar-refractivity contribution in [3.05, 3.63) is 70.8 Å². The third-order valence-corrected chi connectivity index (χ3v) is 4.13. The number of nitrogens with zero attached hydrogens (tertiary/aromatic N) is 1. The van der Waals surface area contributed by atoms with Crippen molar-refractivity contribution < 1.29 is 23.9 Å². The summed E-state index contributed by atoms with van der Waals surface area (Å²) in [6, 6.07) is 13.5. The summed E-state index contributed by atoms with van der Waals surface area (Å²) in [6.07, 6.45) is -0.160. The van der Waals surface area contributed by atoms with Gasteiger partial charge in [0.05, 0.1) is 17.5 Å². The molecule has 0 aromatic heterocycles. The number of carbonyl (C=O) groups excluding carboxylic acids is 4. The largest absolute Gasteiger partial charge is 0.457 e. The van der Waals surface area contributed by atoms with Crippen LogP contribution in [0, 0.1) is 6.92 Å². The monoisotopic (exact) mass is 351 g/mol. The molecule has 0 atom stereocenters. The van der Waals surface area contributed by atoms with Gasteiger partial charge in [0.2, 0.25) is 0 Å². The Labute approximate surface area is 150 Å². The van der Waals surface area contributed by atoms with Crippen molar-refractivity contribution >= 4 is 23.6 Å². The molecular formula is C20H17NO5. The number of carbonyl (C=O) groups is 4. The number of esters is 1. The lowest BCUT2D eigenvalue weighted by Gasteiger charge is -2.13. The molecule has 26 heavy (non-hydrogen) atoms. The first kappa shape index (κ1) is 17.5. The summed E-state index contributed by atoms with van der Waals surface area (Å²) >= 11 is 0. The fourth-order valence-corrected chi connectivity index (χ4v) is 2.74. The van der Waals surface area contributed by atoms with Crippen LogP contribution in [0.15, 0.2) is 48.5 Å². The van der Waals surface area contributed by atoms with Gasteiger partial charge in [-0.25, -0.2) is 0 Å². The van der Waals surface area contributed by atoms with E-state index in [1.807, 2.05) is 6.92 Å². The zero-order valence-corrected chi connectivity index (χ0v) is 14.2. The van der Waals surface area contributed by atoms with E-state index in [-0.39, 0.29) is 25.4 Å². The molecule has 2 aromatic rings. The second-order valence-electron chi connectivity index (χ2n) is 6.01. The third kappa shape index (κ3) is 3.54. The lowest BCUT2D eigenvalue weighted by Crippen LogP contribution is -2.32. The normalized spacial score (nSPS) is 12.9. The summed E-state index contributed by atoms with van der Waals surface area (Å²) in [5.41, 5.74) is 2.03. The van der Waals surface area contributed by atoms with Gasteiger partial charge < -0.3 is 4.74 Å². The molecule has 2 aromatic carbocycles. The first-order chi connectivity index (χ1) is 12.5. The highest BCUT2D eigenvalue weighted by Gasteiger charge is 2.35. The Kier molecular flexibility index (Phi) is 4.93. The van der Waals surface area contributed by atoms with Crippen molar-refractivity contribution in [1.29, 1.82) is 0 Å². The van der Waals surface area contributed by atoms with Crippen LogP contribution in [0.1, 0.15) is 43.1 Å². The smallest absolute Gasteiger partial charge is 0.308 e. The molecular weight excluding hydrogens is 334 g/mol. The number of Topliss-reactive ketones (excluding diaryl/α,β-unsaturated/α-hetero) is 1. The maximum Gasteiger partial charge on any atom is 0.308 e. The molecule has 0 aliphatic carbocycles. The standard InChI is InChI=1S/C20H17NO5/c1-13-7-8-15-16(11-13)20(25)21(19(15)24)10-9-18(23)26-12-17(22)14-5-3-2-4-6-14/h2-8,11H,9-10,12H2,1H3. The van der Waals surface area contributed by atoms with Gasteiger partial charge in [-0.15, -0.1) is 0 Å². The lowest BCUT2D eigenvalue weighted by atomic mass is 10.1. The highest BCUT2D eigenvalue weighted by molar-refractivity contribution is 6.21. The SMILES string of the molecule is Cc1ccc2c(c1)C(=O)N(CCC(=O)OCC(=O)c1ccccc1)C2=O. The van der Waals surface area contributed by atoms with Crippen molar-refractivity contribution in [3.63, 3.8) is 0 Å². The summed E-state index contributed by atoms with van der Waals surface area (Å²) < 4.78 is 4.95. The van der Waals surface area contributed by atoms with Gasteiger partial charge in [0.15, 0.2) is 12.4 Å². The number of benzene rings is 2. The molecule has 0 saturated heterocycles. The van der Waals surface area contributed by atoms with E-state index in [1.54, 1.807) is 48.5 Å². The number of ketones is 1. The van der Waals surface area contributed by atoms with Gasteiger partial charge in [0.1, 0.15) is 0 Å². The number of rotatable bonds is 6. The van der Waals surface area contributed by atoms with Gasteiger partial charge in [-0.2, -0.15) is 0 Å². The molecule has 1 heterocycles. The Morgan fingerprint density at radius 2 is 1.65 bits per heavy atom. The van der Waals surface area contributed by atoms with Crippen LogP contribution in [-0.2, 0) is 9.53 Å². The van der Waals surface area contributed by atoms with E-state index in [2.05, 4.69) is 0 Å². The van der Waals surface area contributed by atoms with Crippen LogP contribution >= 0.6 is 0 Å². The first-order valence-electron chi connectivity index (χ1n) is 8.18. The number of imide groups is 1. The topological polar surface area (TPSA) is 80.8 Å². The average molecular weight is 351 g/mol. The number of hydrogen-bond donors (Lipinski definition) is 0. The van der Waals surface area contributed by atoms with E-state index in [0.29, 0.717) is 16.7 Å². The second-order valence-corrected chi connectivity index (χ2v) is 6.01. The summed E-state index contributed by atoms with van der Waals surface area (Å²) in [5, 5.41) is 0. The molecule has 6 heteroatoms. The first-order valence-corrected chi connectivity index (χ1v) is 8.18. The zero-order chi connectivity index (χ0) is 18.7. The van der Waals surface area contributed by atoms with E-state index < -0.39 is 17.8 Å². The molecule has 0 spiro atoms. The van der Waals surface area contributed by atoms with Gasteiger partial charge in [-0.05, 0) is 19.1 Å². The highest BCUT2D eigenvalue weighted by Crippen LogP contribution is 2.24. The molecule has 0 fully saturated rings. The van der Waals surface area contributed by atoms with Crippen LogP contribution in [-0.4, -0.2) is 41.6 Å². The molecule has 0 radical (unpaired) electrons. The number of hydrogen-bond acceptors (Lipinski definition) is 5. The van der Waals surface area contributed by atoms with E-state index in [9.17, 15) is 19.2 Å². The number of fused-ring (bicyclic) bond motifs is 1. The van der Waals surface area contributed by atoms with Gasteiger partial charge in [-0.1, -0.05) is 42.0 Å². The fraction of sp³-hybridized carbons (Fsp3) is 0.200. The minimum atomic E-state index is -0.637. The van der Waals surface area contributed by atoms with Gasteiger partial charge in [-0.3, -0.25) is 24.1 Å². The van der Waals surface area contributed by atoms with Crippen molar-refractivity contribution in [2.45, 2.75) is 13.3 Å². The lowest BCUT2D eigenvalue weighted by molar-refractivity contribution is -0.142. The van der Waals surface area contributed by atoms with Crippen LogP contribution in [0.25, 0.3) is 0 Å². The van der Waals surface area contributed by atoms with Crippen molar-refractivity contribution in [1.82, 2.24) is 4.90 Å². The maximum atomic E-state index is 12.3. The molecule has 2 amide bonds. The molecule has 0 saturated carbocycles. The van der Waals surface area contributed by atoms with Gasteiger partial charge >= 0.3 is 5.97 Å². The molecule has 1 aliphatic rings. The molecule has 132 valence electrons. The Morgan fingerprint density at radius 1 is 0.962 bits per heavy atom. The average Bonchev–Trinajstić information content (AvgIpc) is 2.88. The van der Waals surface area contributed by atoms with Crippen LogP contribution in [0.4, 0.5) is 0 Å². The van der Waals surface area contributed by atoms with E-state index in [1.165, 1.54) is 0 Å². The van der Waals surface area contributed by atoms with Crippen LogP contribution in [0.2, 0.25) is 0 Å². The van der Waals surface area contributed by atoms with E-state index in [0.717, 1.165) is 10.5 Å². The quantitative estimate of drug-likeness (QED) is 0.453. The van der Waals surface area contributed by atoms with Crippen LogP contribution in [0.5, 0.6) is 0 Å². The summed E-state index contributed by atoms with van der Waals surface area (Å²) in [5.74, 6) is -1.78. The summed E-state index contributed by atoms with van der Waals surface area (Å²) in [6.45, 7) is 1.38. The Hall–Kier alpha value is -3.28. The number of ether oxygens (including phenoxy) is 1. The Morgan fingerprint density at radius 3 is 2.38 bits per heavy atom. The van der Waals surface area contributed by atoms with Gasteiger partial charge in [0.25, 0.3) is 11.8 Å². The molecule has 6 nitrogen and oxygen atoms in total. The van der Waals surface area contributed by atoms with Crippen LogP contribution < -0.4 is 0 Å². The van der Waals surface area contributed by atoms with Crippen molar-refractivity contribution in [2.75, 3.05) is 13.2 Å². The summed E-state index contributed by atoms with van der Waals surface area (Å²) in [7, 11) is 0. The van der Waals surface area contributed by atoms with Crippen LogP contribution in [0.3, 0.4) is 0 Å². The predicted molar refractivity (Wildman–Crippen MR) is 92.9 cm³/mol. The summed E-state index contributed by atoms with van der Waals surface area (Å²) in [4.78, 5) is 49.4. The molecule has 1 aliphatic heterocycles. The number of aryl methyl sites for hydroxylation is 1. The zero-order valence-electron chi connectivity index (χ0n) is 14.2. The minimum Gasteiger partial charge on any atom is -0.457 e. The fourth-order valence-electron chi connectivity index (χ4n) is 2.74. The maximum absolute atomic E-state index is 12.3. The Balaban J connectivity index is 1.53. The van der Waals surface area contributed by atoms with Crippen molar-refractivity contribution in [3.8, 4) is 0 Å². The minimum absolute atomic E-state index is 0.0796. The number of amides is 2. The molecule has 3 rings (SSSR count). The molecule has 0 N–H and O–H groups in total. The molecule has 0 bridgehead atoms. The van der Waals surface area contributed by atoms with Crippen molar-refractivity contribution in [2.24, 2.45) is 0 Å². The molecule has 0 unspecified atom stereocenters. The third-order valence-electron chi connectivity index (χ3n) is 4.13. The van der Waals surface area contributed by atoms with Gasteiger partial charge in [0, 0.05) is 12.1 Å². The second kappa shape index (κ2) is 7.31. The highest BCUT2D eigenvalue weighted by atomic mass is 16.5. The van der Waals surface area contributed by atoms with E-state index >= 15 is 0 Å². The van der Waals surface area contributed by atoms with E-state index in [4.69, 9.17) is 4.74 Å². The predicted octanol–water partition coefficient (Wildman–Crippen LogP) is 2.41.